The van der Waals surface area contributed by atoms with Crippen molar-refractivity contribution in [1.29, 1.82) is 0 Å². The number of carbonyl (C=O) groups excluding carboxylic acids is 1. The van der Waals surface area contributed by atoms with E-state index in [1.807, 2.05) is 61.2 Å². The Labute approximate surface area is 131 Å². The van der Waals surface area contributed by atoms with E-state index in [-0.39, 0.29) is 11.5 Å². The molecule has 0 N–H and O–H groups in total. The molecule has 0 bridgehead atoms. The molecule has 1 heterocycles. The van der Waals surface area contributed by atoms with E-state index in [0.717, 1.165) is 17.9 Å². The first kappa shape index (κ1) is 14.6. The Morgan fingerprint density at radius 3 is 2.55 bits per heavy atom. The monoisotopic (exact) mass is 295 g/mol. The minimum atomic E-state index is -0.364. The fourth-order valence-corrected chi connectivity index (χ4v) is 2.82. The molecule has 1 aliphatic heterocycles. The summed E-state index contributed by atoms with van der Waals surface area (Å²) in [5, 5.41) is 0. The molecule has 2 aromatic rings. The minimum absolute atomic E-state index is 0.146. The Balaban J connectivity index is 1.77. The van der Waals surface area contributed by atoms with Gasteiger partial charge in [-0.15, -0.1) is 0 Å². The number of hydrogen-bond acceptors (Lipinski definition) is 2. The summed E-state index contributed by atoms with van der Waals surface area (Å²) in [7, 11) is 0. The van der Waals surface area contributed by atoms with Crippen molar-refractivity contribution < 1.29 is 9.53 Å². The number of ether oxygens (including phenoxy) is 1. The maximum atomic E-state index is 12.7. The summed E-state index contributed by atoms with van der Waals surface area (Å²) in [6.07, 6.45) is 1.27. The van der Waals surface area contributed by atoms with E-state index in [0.29, 0.717) is 13.0 Å². The third kappa shape index (κ3) is 3.14. The molecule has 2 aromatic carbocycles. The van der Waals surface area contributed by atoms with Crippen LogP contribution in [0.5, 0.6) is 5.75 Å². The van der Waals surface area contributed by atoms with Crippen LogP contribution in [0, 0.1) is 0 Å². The fraction of sp³-hybridized carbons (Fsp3) is 0.316. The second-order valence-corrected chi connectivity index (χ2v) is 6.29. The maximum absolute atomic E-state index is 12.7. The normalized spacial score (nSPS) is 15.8. The van der Waals surface area contributed by atoms with Gasteiger partial charge in [-0.1, -0.05) is 42.5 Å². The van der Waals surface area contributed by atoms with E-state index in [2.05, 4.69) is 12.1 Å². The molecule has 1 amide bonds. The summed E-state index contributed by atoms with van der Waals surface area (Å²) >= 11 is 0. The van der Waals surface area contributed by atoms with Gasteiger partial charge >= 0.3 is 0 Å². The average molecular weight is 295 g/mol. The molecule has 3 rings (SSSR count). The van der Waals surface area contributed by atoms with Crippen molar-refractivity contribution >= 4 is 11.6 Å². The van der Waals surface area contributed by atoms with Crippen molar-refractivity contribution in [1.82, 2.24) is 0 Å². The highest BCUT2D eigenvalue weighted by Crippen LogP contribution is 2.36. The molecule has 0 fully saturated rings. The number of hydrogen-bond donors (Lipinski definition) is 0. The number of para-hydroxylation sites is 2. The summed E-state index contributed by atoms with van der Waals surface area (Å²) in [6, 6.07) is 17.9. The first-order chi connectivity index (χ1) is 10.6. The van der Waals surface area contributed by atoms with Gasteiger partial charge in [-0.3, -0.25) is 4.79 Å². The van der Waals surface area contributed by atoms with Gasteiger partial charge in [0.05, 0.1) is 12.2 Å². The van der Waals surface area contributed by atoms with Crippen molar-refractivity contribution in [3.8, 4) is 5.75 Å². The maximum Gasteiger partial charge on any atom is 0.227 e. The van der Waals surface area contributed by atoms with Gasteiger partial charge in [0.1, 0.15) is 11.4 Å². The van der Waals surface area contributed by atoms with Crippen molar-refractivity contribution in [2.45, 2.75) is 32.3 Å². The van der Waals surface area contributed by atoms with Crippen LogP contribution in [0.25, 0.3) is 0 Å². The Hall–Kier alpha value is -2.29. The van der Waals surface area contributed by atoms with E-state index in [1.54, 1.807) is 0 Å². The lowest BCUT2D eigenvalue weighted by atomic mass is 10.0. The van der Waals surface area contributed by atoms with Crippen molar-refractivity contribution in [2.75, 3.05) is 11.4 Å². The Morgan fingerprint density at radius 1 is 1.09 bits per heavy atom. The summed E-state index contributed by atoms with van der Waals surface area (Å²) < 4.78 is 5.97. The quantitative estimate of drug-likeness (QED) is 0.861. The lowest BCUT2D eigenvalue weighted by molar-refractivity contribution is -0.119. The Bertz CT molecular complexity index is 664. The second kappa shape index (κ2) is 5.84. The highest BCUT2D eigenvalue weighted by molar-refractivity contribution is 5.95. The molecule has 0 aliphatic carbocycles. The molecule has 0 atom stereocenters. The van der Waals surface area contributed by atoms with Gasteiger partial charge in [-0.25, -0.2) is 0 Å². The Kier molecular flexibility index (Phi) is 3.88. The second-order valence-electron chi connectivity index (χ2n) is 6.29. The predicted molar refractivity (Wildman–Crippen MR) is 88.3 cm³/mol. The molecule has 0 spiro atoms. The topological polar surface area (TPSA) is 29.5 Å². The molecule has 0 saturated heterocycles. The summed E-state index contributed by atoms with van der Waals surface area (Å²) in [5.74, 6) is 0.930. The third-order valence-corrected chi connectivity index (χ3v) is 3.85. The molecular weight excluding hydrogens is 274 g/mol. The van der Waals surface area contributed by atoms with Gasteiger partial charge in [0.15, 0.2) is 0 Å². The van der Waals surface area contributed by atoms with E-state index < -0.39 is 0 Å². The zero-order valence-corrected chi connectivity index (χ0v) is 13.1. The first-order valence-electron chi connectivity index (χ1n) is 7.67. The summed E-state index contributed by atoms with van der Waals surface area (Å²) in [5.41, 5.74) is 1.70. The zero-order valence-electron chi connectivity index (χ0n) is 13.1. The minimum Gasteiger partial charge on any atom is -0.484 e. The molecular formula is C19H21NO2. The lowest BCUT2D eigenvalue weighted by Gasteiger charge is -2.39. The highest BCUT2D eigenvalue weighted by atomic mass is 16.5. The van der Waals surface area contributed by atoms with Gasteiger partial charge in [-0.2, -0.15) is 0 Å². The largest absolute Gasteiger partial charge is 0.484 e. The van der Waals surface area contributed by atoms with Crippen LogP contribution in [-0.2, 0) is 11.2 Å². The zero-order chi connectivity index (χ0) is 15.6. The fourth-order valence-electron chi connectivity index (χ4n) is 2.82. The third-order valence-electron chi connectivity index (χ3n) is 3.85. The first-order valence-corrected chi connectivity index (χ1v) is 7.67. The molecule has 22 heavy (non-hydrogen) atoms. The van der Waals surface area contributed by atoms with Crippen LogP contribution in [0.15, 0.2) is 54.6 Å². The van der Waals surface area contributed by atoms with Crippen LogP contribution < -0.4 is 9.64 Å². The summed E-state index contributed by atoms with van der Waals surface area (Å²) in [6.45, 7) is 4.61. The van der Waals surface area contributed by atoms with Crippen LogP contribution in [0.2, 0.25) is 0 Å². The number of rotatable bonds is 3. The predicted octanol–water partition coefficient (Wildman–Crippen LogP) is 3.82. The molecule has 3 nitrogen and oxygen atoms in total. The molecule has 114 valence electrons. The van der Waals surface area contributed by atoms with Crippen LogP contribution in [0.3, 0.4) is 0 Å². The van der Waals surface area contributed by atoms with E-state index in [4.69, 9.17) is 4.74 Å². The number of fused-ring (bicyclic) bond motifs is 1. The summed E-state index contributed by atoms with van der Waals surface area (Å²) in [4.78, 5) is 14.6. The number of aryl methyl sites for hydroxylation is 1. The molecule has 0 aromatic heterocycles. The van der Waals surface area contributed by atoms with Gasteiger partial charge in [0, 0.05) is 6.42 Å². The van der Waals surface area contributed by atoms with Crippen LogP contribution in [0.4, 0.5) is 5.69 Å². The standard InChI is InChI=1S/C19H21NO2/c1-19(2)14-20(16-10-6-7-11-17(16)22-19)18(21)13-12-15-8-4-3-5-9-15/h3-11H,12-14H2,1-2H3. The van der Waals surface area contributed by atoms with Crippen LogP contribution in [0.1, 0.15) is 25.8 Å². The number of carbonyl (C=O) groups is 1. The lowest BCUT2D eigenvalue weighted by Crippen LogP contribution is -2.49. The average Bonchev–Trinajstić information content (AvgIpc) is 2.52. The SMILES string of the molecule is CC1(C)CN(C(=O)CCc2ccccc2)c2ccccc2O1. The van der Waals surface area contributed by atoms with Gasteiger partial charge in [0.2, 0.25) is 5.91 Å². The van der Waals surface area contributed by atoms with E-state index >= 15 is 0 Å². The number of amides is 1. The van der Waals surface area contributed by atoms with Crippen molar-refractivity contribution in [3.05, 3.63) is 60.2 Å². The van der Waals surface area contributed by atoms with E-state index in [1.165, 1.54) is 5.56 Å². The molecule has 0 unspecified atom stereocenters. The number of benzene rings is 2. The molecule has 0 radical (unpaired) electrons. The molecule has 1 aliphatic rings. The Morgan fingerprint density at radius 2 is 1.77 bits per heavy atom. The smallest absolute Gasteiger partial charge is 0.227 e. The van der Waals surface area contributed by atoms with Crippen LogP contribution in [-0.4, -0.2) is 18.1 Å². The molecule has 3 heteroatoms. The van der Waals surface area contributed by atoms with Crippen LogP contribution >= 0.6 is 0 Å². The van der Waals surface area contributed by atoms with Gasteiger partial charge < -0.3 is 9.64 Å². The van der Waals surface area contributed by atoms with Gasteiger partial charge in [0.25, 0.3) is 0 Å². The van der Waals surface area contributed by atoms with E-state index in [9.17, 15) is 4.79 Å². The highest BCUT2D eigenvalue weighted by Gasteiger charge is 2.34. The van der Waals surface area contributed by atoms with Gasteiger partial charge in [-0.05, 0) is 38.0 Å². The number of anilines is 1. The van der Waals surface area contributed by atoms with Crippen molar-refractivity contribution in [3.63, 3.8) is 0 Å². The molecule has 0 saturated carbocycles. The number of nitrogens with zero attached hydrogens (tertiary/aromatic N) is 1. The van der Waals surface area contributed by atoms with Crippen molar-refractivity contribution in [2.24, 2.45) is 0 Å².